The van der Waals surface area contributed by atoms with Gasteiger partial charge in [0, 0.05) is 24.8 Å². The number of hydrogen-bond donors (Lipinski definition) is 0. The van der Waals surface area contributed by atoms with Gasteiger partial charge < -0.3 is 14.4 Å². The molecule has 1 unspecified atom stereocenters. The van der Waals surface area contributed by atoms with E-state index >= 15 is 0 Å². The first-order valence-corrected chi connectivity index (χ1v) is 12.5. The molecule has 1 aliphatic heterocycles. The number of benzene rings is 2. The molecule has 3 aromatic rings. The molecule has 1 atom stereocenters. The number of nitrogens with zero attached hydrogens (tertiary/aromatic N) is 2. The molecule has 2 aromatic carbocycles. The standard InChI is InChI=1S/C29H34N2O5/c1-5-26(33)35-18-16-24-27-22(15-17-30(24)25(32)19-20-11-7-6-8-12-20)21-13-9-10-14-23(21)31(27)28(34)36-29(2,3)4/h6-14,24H,5,15-19H2,1-4H3. The van der Waals surface area contributed by atoms with Crippen molar-refractivity contribution in [1.82, 2.24) is 9.47 Å². The van der Waals surface area contributed by atoms with Crippen molar-refractivity contribution in [2.24, 2.45) is 0 Å². The van der Waals surface area contributed by atoms with E-state index in [4.69, 9.17) is 9.47 Å². The summed E-state index contributed by atoms with van der Waals surface area (Å²) in [7, 11) is 0. The van der Waals surface area contributed by atoms with Crippen LogP contribution < -0.4 is 0 Å². The number of rotatable bonds is 6. The zero-order valence-corrected chi connectivity index (χ0v) is 21.5. The first-order valence-electron chi connectivity index (χ1n) is 12.5. The summed E-state index contributed by atoms with van der Waals surface area (Å²) in [5, 5.41) is 0.976. The number of ether oxygens (including phenoxy) is 2. The first-order chi connectivity index (χ1) is 17.2. The molecule has 0 fully saturated rings. The molecule has 0 spiro atoms. The Kier molecular flexibility index (Phi) is 7.48. The molecule has 0 saturated heterocycles. The van der Waals surface area contributed by atoms with Crippen molar-refractivity contribution >= 4 is 28.9 Å². The number of amides is 1. The zero-order chi connectivity index (χ0) is 25.9. The van der Waals surface area contributed by atoms with E-state index in [1.165, 1.54) is 0 Å². The number of carbonyl (C=O) groups is 3. The van der Waals surface area contributed by atoms with Crippen LogP contribution in [0.2, 0.25) is 0 Å². The van der Waals surface area contributed by atoms with Crippen molar-refractivity contribution in [3.05, 3.63) is 71.4 Å². The highest BCUT2D eigenvalue weighted by molar-refractivity contribution is 5.94. The maximum absolute atomic E-state index is 13.6. The van der Waals surface area contributed by atoms with Crippen LogP contribution in [-0.4, -0.2) is 46.2 Å². The Labute approximate surface area is 212 Å². The van der Waals surface area contributed by atoms with Crippen molar-refractivity contribution in [1.29, 1.82) is 0 Å². The Hall–Kier alpha value is -3.61. The predicted octanol–water partition coefficient (Wildman–Crippen LogP) is 5.44. The molecular weight excluding hydrogens is 456 g/mol. The van der Waals surface area contributed by atoms with Crippen LogP contribution in [0.3, 0.4) is 0 Å². The minimum atomic E-state index is -0.682. The van der Waals surface area contributed by atoms with Crippen LogP contribution in [0.25, 0.3) is 10.9 Å². The monoisotopic (exact) mass is 490 g/mol. The zero-order valence-electron chi connectivity index (χ0n) is 21.5. The summed E-state index contributed by atoms with van der Waals surface area (Å²) in [6.45, 7) is 7.92. The lowest BCUT2D eigenvalue weighted by Gasteiger charge is -2.37. The number of aromatic nitrogens is 1. The molecule has 7 nitrogen and oxygen atoms in total. The van der Waals surface area contributed by atoms with Gasteiger partial charge in [-0.1, -0.05) is 55.5 Å². The summed E-state index contributed by atoms with van der Waals surface area (Å²) in [6, 6.07) is 16.9. The molecule has 36 heavy (non-hydrogen) atoms. The van der Waals surface area contributed by atoms with Gasteiger partial charge in [-0.15, -0.1) is 0 Å². The average molecular weight is 491 g/mol. The average Bonchev–Trinajstić information content (AvgIpc) is 3.18. The summed E-state index contributed by atoms with van der Waals surface area (Å²) >= 11 is 0. The molecule has 1 aromatic heterocycles. The third kappa shape index (κ3) is 5.45. The summed E-state index contributed by atoms with van der Waals surface area (Å²) < 4.78 is 12.8. The van der Waals surface area contributed by atoms with Crippen LogP contribution in [0.15, 0.2) is 54.6 Å². The molecule has 190 valence electrons. The van der Waals surface area contributed by atoms with Crippen LogP contribution in [0, 0.1) is 0 Å². The largest absolute Gasteiger partial charge is 0.466 e. The third-order valence-electron chi connectivity index (χ3n) is 6.35. The van der Waals surface area contributed by atoms with Gasteiger partial charge in [-0.3, -0.25) is 9.59 Å². The fourth-order valence-electron chi connectivity index (χ4n) is 4.83. The van der Waals surface area contributed by atoms with E-state index in [1.807, 2.05) is 80.3 Å². The van der Waals surface area contributed by atoms with Gasteiger partial charge in [-0.05, 0) is 44.4 Å². The fourth-order valence-corrected chi connectivity index (χ4v) is 4.83. The van der Waals surface area contributed by atoms with E-state index in [-0.39, 0.29) is 31.3 Å². The van der Waals surface area contributed by atoms with E-state index in [0.717, 1.165) is 27.7 Å². The number of hydrogen-bond acceptors (Lipinski definition) is 5. The van der Waals surface area contributed by atoms with Gasteiger partial charge in [0.25, 0.3) is 0 Å². The van der Waals surface area contributed by atoms with Crippen LogP contribution in [0.5, 0.6) is 0 Å². The SMILES string of the molecule is CCC(=O)OCCC1c2c(c3ccccc3n2C(=O)OC(C)(C)C)CCN1C(=O)Cc1ccccc1. The molecular formula is C29H34N2O5. The van der Waals surface area contributed by atoms with Crippen molar-refractivity contribution in [3.63, 3.8) is 0 Å². The Balaban J connectivity index is 1.78. The molecule has 0 aliphatic carbocycles. The first kappa shape index (κ1) is 25.5. The lowest BCUT2D eigenvalue weighted by Crippen LogP contribution is -2.43. The summed E-state index contributed by atoms with van der Waals surface area (Å²) in [4.78, 5) is 40.7. The lowest BCUT2D eigenvalue weighted by atomic mass is 9.94. The molecule has 1 amide bonds. The second kappa shape index (κ2) is 10.6. The van der Waals surface area contributed by atoms with Crippen molar-refractivity contribution in [3.8, 4) is 0 Å². The molecule has 0 N–H and O–H groups in total. The van der Waals surface area contributed by atoms with E-state index < -0.39 is 17.7 Å². The van der Waals surface area contributed by atoms with Crippen molar-refractivity contribution < 1.29 is 23.9 Å². The number of para-hydroxylation sites is 1. The third-order valence-corrected chi connectivity index (χ3v) is 6.35. The molecule has 2 heterocycles. The Morgan fingerprint density at radius 2 is 1.69 bits per heavy atom. The highest BCUT2D eigenvalue weighted by atomic mass is 16.6. The topological polar surface area (TPSA) is 77.8 Å². The molecule has 4 rings (SSSR count). The van der Waals surface area contributed by atoms with Gasteiger partial charge in [0.2, 0.25) is 5.91 Å². The maximum atomic E-state index is 13.6. The number of fused-ring (bicyclic) bond motifs is 3. The van der Waals surface area contributed by atoms with Gasteiger partial charge in [-0.2, -0.15) is 0 Å². The highest BCUT2D eigenvalue weighted by Gasteiger charge is 2.37. The van der Waals surface area contributed by atoms with E-state index in [9.17, 15) is 14.4 Å². The van der Waals surface area contributed by atoms with Gasteiger partial charge in [-0.25, -0.2) is 9.36 Å². The maximum Gasteiger partial charge on any atom is 0.419 e. The molecule has 0 radical (unpaired) electrons. The smallest absolute Gasteiger partial charge is 0.419 e. The van der Waals surface area contributed by atoms with Gasteiger partial charge in [0.05, 0.1) is 30.3 Å². The summed E-state index contributed by atoms with van der Waals surface area (Å²) in [5.74, 6) is -0.319. The normalized spacial score (nSPS) is 15.4. The van der Waals surface area contributed by atoms with Crippen molar-refractivity contribution in [2.45, 2.75) is 65.0 Å². The second-order valence-corrected chi connectivity index (χ2v) is 10.1. The minimum Gasteiger partial charge on any atom is -0.466 e. The van der Waals surface area contributed by atoms with E-state index in [0.29, 0.717) is 19.4 Å². The van der Waals surface area contributed by atoms with E-state index in [2.05, 4.69) is 0 Å². The second-order valence-electron chi connectivity index (χ2n) is 10.1. The van der Waals surface area contributed by atoms with Gasteiger partial charge >= 0.3 is 12.1 Å². The Morgan fingerprint density at radius 1 is 1.00 bits per heavy atom. The Morgan fingerprint density at radius 3 is 2.39 bits per heavy atom. The molecule has 7 heteroatoms. The Bertz CT molecular complexity index is 1260. The van der Waals surface area contributed by atoms with Crippen molar-refractivity contribution in [2.75, 3.05) is 13.2 Å². The van der Waals surface area contributed by atoms with Crippen LogP contribution >= 0.6 is 0 Å². The van der Waals surface area contributed by atoms with Gasteiger partial charge in [0.1, 0.15) is 5.60 Å². The summed E-state index contributed by atoms with van der Waals surface area (Å²) in [6.07, 6.45) is 1.07. The van der Waals surface area contributed by atoms with E-state index in [1.54, 1.807) is 11.5 Å². The number of esters is 1. The quantitative estimate of drug-likeness (QED) is 0.430. The van der Waals surface area contributed by atoms with Crippen LogP contribution in [-0.2, 0) is 31.9 Å². The molecule has 1 aliphatic rings. The molecule has 0 saturated carbocycles. The number of carbonyl (C=O) groups excluding carboxylic acids is 3. The fraction of sp³-hybridized carbons (Fsp3) is 0.414. The van der Waals surface area contributed by atoms with Crippen LogP contribution in [0.4, 0.5) is 4.79 Å². The van der Waals surface area contributed by atoms with Crippen LogP contribution in [0.1, 0.15) is 63.4 Å². The molecule has 0 bridgehead atoms. The van der Waals surface area contributed by atoms with Gasteiger partial charge in [0.15, 0.2) is 0 Å². The minimum absolute atomic E-state index is 0.0281. The highest BCUT2D eigenvalue weighted by Crippen LogP contribution is 2.39. The lowest BCUT2D eigenvalue weighted by molar-refractivity contribution is -0.144. The summed E-state index contributed by atoms with van der Waals surface area (Å²) in [5.41, 5.74) is 2.78. The predicted molar refractivity (Wildman–Crippen MR) is 138 cm³/mol.